The van der Waals surface area contributed by atoms with Gasteiger partial charge in [-0.25, -0.2) is 0 Å². The average Bonchev–Trinajstić information content (AvgIpc) is 2.40. The van der Waals surface area contributed by atoms with Crippen LogP contribution in [0.5, 0.6) is 0 Å². The summed E-state index contributed by atoms with van der Waals surface area (Å²) in [7, 11) is 1.87. The molecule has 1 aromatic heterocycles. The van der Waals surface area contributed by atoms with Crippen LogP contribution in [0.1, 0.15) is 19.4 Å². The molecular weight excluding hydrogens is 240 g/mol. The van der Waals surface area contributed by atoms with E-state index in [2.05, 4.69) is 34.4 Å². The molecule has 0 radical (unpaired) electrons. The average molecular weight is 262 g/mol. The molecule has 0 spiro atoms. The molecule has 0 saturated carbocycles. The molecule has 0 aliphatic carbocycles. The number of pyridine rings is 1. The summed E-state index contributed by atoms with van der Waals surface area (Å²) in [5.41, 5.74) is 1.07. The minimum Gasteiger partial charge on any atom is -0.353 e. The highest BCUT2D eigenvalue weighted by Crippen LogP contribution is 2.23. The number of carbonyl (C=O) groups excluding carboxylic acids is 1. The Hall–Kier alpha value is -1.46. The van der Waals surface area contributed by atoms with Crippen LogP contribution in [0.15, 0.2) is 24.5 Å². The van der Waals surface area contributed by atoms with Gasteiger partial charge in [0.1, 0.15) is 6.04 Å². The zero-order valence-electron chi connectivity index (χ0n) is 11.8. The second-order valence-corrected chi connectivity index (χ2v) is 5.59. The smallest absolute Gasteiger partial charge is 0.238 e. The van der Waals surface area contributed by atoms with E-state index in [9.17, 15) is 4.79 Å². The van der Waals surface area contributed by atoms with Crippen LogP contribution in [-0.2, 0) is 11.3 Å². The summed E-state index contributed by atoms with van der Waals surface area (Å²) in [6, 6.07) is 3.83. The predicted octanol–water partition coefficient (Wildman–Crippen LogP) is 0.380. The molecule has 1 saturated heterocycles. The van der Waals surface area contributed by atoms with E-state index in [1.807, 2.05) is 25.4 Å². The van der Waals surface area contributed by atoms with Crippen molar-refractivity contribution in [3.8, 4) is 0 Å². The van der Waals surface area contributed by atoms with E-state index in [1.54, 1.807) is 6.20 Å². The van der Waals surface area contributed by atoms with Crippen molar-refractivity contribution in [2.75, 3.05) is 20.1 Å². The second-order valence-electron chi connectivity index (χ2n) is 5.59. The number of carbonyl (C=O) groups is 1. The van der Waals surface area contributed by atoms with E-state index < -0.39 is 0 Å². The second kappa shape index (κ2) is 5.67. The molecule has 0 aromatic carbocycles. The molecule has 19 heavy (non-hydrogen) atoms. The standard InChI is InChI=1S/C14H22N4O/c1-14(2)10-17-13(19)12(8-15-3)18(14)9-11-5-4-6-16-7-11/h4-7,12,15H,8-10H2,1-3H3,(H,17,19). The molecule has 2 rings (SSSR count). The topological polar surface area (TPSA) is 57.3 Å². The maximum Gasteiger partial charge on any atom is 0.238 e. The first-order valence-corrected chi connectivity index (χ1v) is 6.62. The number of hydrogen-bond donors (Lipinski definition) is 2. The van der Waals surface area contributed by atoms with Crippen LogP contribution >= 0.6 is 0 Å². The van der Waals surface area contributed by atoms with E-state index >= 15 is 0 Å². The first-order chi connectivity index (χ1) is 9.04. The number of likely N-dealkylation sites (N-methyl/N-ethyl adjacent to an activating group) is 1. The van der Waals surface area contributed by atoms with Crippen LogP contribution in [0.2, 0.25) is 0 Å². The Bertz CT molecular complexity index is 432. The van der Waals surface area contributed by atoms with Crippen molar-refractivity contribution in [1.82, 2.24) is 20.5 Å². The van der Waals surface area contributed by atoms with Crippen LogP contribution < -0.4 is 10.6 Å². The molecule has 5 nitrogen and oxygen atoms in total. The number of nitrogens with one attached hydrogen (secondary N) is 2. The Labute approximate surface area is 114 Å². The normalized spacial score (nSPS) is 23.1. The van der Waals surface area contributed by atoms with Crippen molar-refractivity contribution in [1.29, 1.82) is 0 Å². The van der Waals surface area contributed by atoms with E-state index in [4.69, 9.17) is 0 Å². The van der Waals surface area contributed by atoms with Gasteiger partial charge in [-0.2, -0.15) is 0 Å². The van der Waals surface area contributed by atoms with Crippen molar-refractivity contribution in [3.05, 3.63) is 30.1 Å². The monoisotopic (exact) mass is 262 g/mol. The largest absolute Gasteiger partial charge is 0.353 e. The van der Waals surface area contributed by atoms with Crippen molar-refractivity contribution < 1.29 is 4.79 Å². The SMILES string of the molecule is CNCC1C(=O)NCC(C)(C)N1Cc1cccnc1. The number of hydrogen-bond acceptors (Lipinski definition) is 4. The number of amides is 1. The lowest BCUT2D eigenvalue weighted by atomic mass is 9.94. The molecule has 1 aliphatic heterocycles. The maximum atomic E-state index is 12.1. The number of nitrogens with zero attached hydrogens (tertiary/aromatic N) is 2. The molecule has 2 heterocycles. The molecule has 1 unspecified atom stereocenters. The Morgan fingerprint density at radius 1 is 1.58 bits per heavy atom. The highest BCUT2D eigenvalue weighted by Gasteiger charge is 2.40. The summed E-state index contributed by atoms with van der Waals surface area (Å²) in [6.07, 6.45) is 3.63. The first kappa shape index (κ1) is 14.0. The molecule has 1 fully saturated rings. The summed E-state index contributed by atoms with van der Waals surface area (Å²) in [5, 5.41) is 6.09. The zero-order valence-corrected chi connectivity index (χ0v) is 11.8. The summed E-state index contributed by atoms with van der Waals surface area (Å²) in [5.74, 6) is 0.0950. The van der Waals surface area contributed by atoms with Crippen LogP contribution in [0, 0.1) is 0 Å². The van der Waals surface area contributed by atoms with Gasteiger partial charge >= 0.3 is 0 Å². The van der Waals surface area contributed by atoms with Crippen molar-refractivity contribution in [2.45, 2.75) is 32.0 Å². The minimum atomic E-state index is -0.144. The highest BCUT2D eigenvalue weighted by atomic mass is 16.2. The van der Waals surface area contributed by atoms with Gasteiger partial charge < -0.3 is 10.6 Å². The fourth-order valence-corrected chi connectivity index (χ4v) is 2.49. The first-order valence-electron chi connectivity index (χ1n) is 6.62. The van der Waals surface area contributed by atoms with Crippen molar-refractivity contribution >= 4 is 5.91 Å². The van der Waals surface area contributed by atoms with Gasteiger partial charge in [-0.05, 0) is 32.5 Å². The number of aromatic nitrogens is 1. The molecule has 2 N–H and O–H groups in total. The molecule has 0 bridgehead atoms. The lowest BCUT2D eigenvalue weighted by molar-refractivity contribution is -0.134. The summed E-state index contributed by atoms with van der Waals surface area (Å²) < 4.78 is 0. The van der Waals surface area contributed by atoms with Crippen LogP contribution in [0.4, 0.5) is 0 Å². The van der Waals surface area contributed by atoms with Crippen LogP contribution in [0.25, 0.3) is 0 Å². The van der Waals surface area contributed by atoms with Gasteiger partial charge in [-0.1, -0.05) is 6.07 Å². The minimum absolute atomic E-state index is 0.0642. The Morgan fingerprint density at radius 2 is 2.37 bits per heavy atom. The Morgan fingerprint density at radius 3 is 3.00 bits per heavy atom. The molecule has 5 heteroatoms. The third-order valence-electron chi connectivity index (χ3n) is 3.62. The van der Waals surface area contributed by atoms with Crippen molar-refractivity contribution in [3.63, 3.8) is 0 Å². The Kier molecular flexibility index (Phi) is 4.17. The van der Waals surface area contributed by atoms with E-state index in [0.717, 1.165) is 12.1 Å². The van der Waals surface area contributed by atoms with Gasteiger partial charge in [-0.15, -0.1) is 0 Å². The molecule has 1 aliphatic rings. The van der Waals surface area contributed by atoms with Gasteiger partial charge in [0, 0.05) is 37.6 Å². The highest BCUT2D eigenvalue weighted by molar-refractivity contribution is 5.83. The Balaban J connectivity index is 2.22. The fraction of sp³-hybridized carbons (Fsp3) is 0.571. The van der Waals surface area contributed by atoms with Gasteiger partial charge in [0.05, 0.1) is 0 Å². The fourth-order valence-electron chi connectivity index (χ4n) is 2.49. The van der Waals surface area contributed by atoms with Gasteiger partial charge in [0.2, 0.25) is 5.91 Å². The van der Waals surface area contributed by atoms with Gasteiger partial charge in [0.15, 0.2) is 0 Å². The maximum absolute atomic E-state index is 12.1. The zero-order chi connectivity index (χ0) is 13.9. The molecule has 1 atom stereocenters. The number of rotatable bonds is 4. The van der Waals surface area contributed by atoms with Crippen LogP contribution in [0.3, 0.4) is 0 Å². The molecule has 1 aromatic rings. The lowest BCUT2D eigenvalue weighted by Gasteiger charge is -2.47. The summed E-state index contributed by atoms with van der Waals surface area (Å²) in [6.45, 7) is 6.37. The predicted molar refractivity (Wildman–Crippen MR) is 74.6 cm³/mol. The van der Waals surface area contributed by atoms with E-state index in [0.29, 0.717) is 13.1 Å². The van der Waals surface area contributed by atoms with E-state index in [1.165, 1.54) is 0 Å². The quantitative estimate of drug-likeness (QED) is 0.823. The third kappa shape index (κ3) is 3.11. The van der Waals surface area contributed by atoms with Crippen molar-refractivity contribution in [2.24, 2.45) is 0 Å². The number of piperazine rings is 1. The summed E-state index contributed by atoms with van der Waals surface area (Å²) >= 11 is 0. The van der Waals surface area contributed by atoms with Gasteiger partial charge in [-0.3, -0.25) is 14.7 Å². The van der Waals surface area contributed by atoms with Crippen LogP contribution in [-0.4, -0.2) is 47.5 Å². The third-order valence-corrected chi connectivity index (χ3v) is 3.62. The molecule has 104 valence electrons. The van der Waals surface area contributed by atoms with Gasteiger partial charge in [0.25, 0.3) is 0 Å². The summed E-state index contributed by atoms with van der Waals surface area (Å²) in [4.78, 5) is 18.5. The lowest BCUT2D eigenvalue weighted by Crippen LogP contribution is -2.67. The molecular formula is C14H22N4O. The molecule has 1 amide bonds. The van der Waals surface area contributed by atoms with E-state index in [-0.39, 0.29) is 17.5 Å².